The van der Waals surface area contributed by atoms with Gasteiger partial charge in [-0.05, 0) is 56.3 Å². The Kier molecular flexibility index (Phi) is 7.99. The number of azo groups is 1. The quantitative estimate of drug-likeness (QED) is 0.189. The summed E-state index contributed by atoms with van der Waals surface area (Å²) in [7, 11) is 4.04. The average molecular weight is 511 g/mol. The summed E-state index contributed by atoms with van der Waals surface area (Å²) in [6.45, 7) is 6.27. The summed E-state index contributed by atoms with van der Waals surface area (Å²) in [5, 5.41) is 9.08. The fraction of sp³-hybridized carbons (Fsp3) is 0.200. The van der Waals surface area contributed by atoms with Crippen molar-refractivity contribution in [3.63, 3.8) is 0 Å². The van der Waals surface area contributed by atoms with Gasteiger partial charge in [-0.25, -0.2) is 4.98 Å². The van der Waals surface area contributed by atoms with E-state index in [0.29, 0.717) is 0 Å². The lowest BCUT2D eigenvalue weighted by atomic mass is 10.1. The van der Waals surface area contributed by atoms with Gasteiger partial charge in [-0.1, -0.05) is 24.3 Å². The Morgan fingerprint density at radius 1 is 0.676 bits per heavy atom. The van der Waals surface area contributed by atoms with Gasteiger partial charge < -0.3 is 22.2 Å². The van der Waals surface area contributed by atoms with Crippen molar-refractivity contribution in [2.75, 3.05) is 37.0 Å². The topological polar surface area (TPSA) is 48.0 Å². The van der Waals surface area contributed by atoms with E-state index in [-0.39, 0.29) is 12.4 Å². The molecule has 0 bridgehead atoms. The number of fused-ring (bicyclic) bond motifs is 2. The summed E-state index contributed by atoms with van der Waals surface area (Å²) in [6, 6.07) is 31.1. The highest BCUT2D eigenvalue weighted by molar-refractivity contribution is 5.85. The number of aromatic nitrogens is 2. The van der Waals surface area contributed by atoms with E-state index in [1.807, 2.05) is 50.5 Å². The molecule has 0 saturated carbocycles. The SMILES string of the molecule is CCN(CC)c1ccc2nc3ccc(N=Nc4cccc(N(C)C)c4)cc3[n+](-c3ccccc3)c2c1.[Cl-]. The molecular formula is C30H31ClN6. The van der Waals surface area contributed by atoms with Crippen LogP contribution in [0.25, 0.3) is 27.8 Å². The predicted molar refractivity (Wildman–Crippen MR) is 149 cm³/mol. The zero-order valence-corrected chi connectivity index (χ0v) is 22.4. The molecule has 0 aliphatic heterocycles. The largest absolute Gasteiger partial charge is 1.00 e. The van der Waals surface area contributed by atoms with Crippen LogP contribution in [-0.4, -0.2) is 32.2 Å². The molecule has 0 amide bonds. The number of rotatable bonds is 7. The lowest BCUT2D eigenvalue weighted by Gasteiger charge is -2.20. The second-order valence-corrected chi connectivity index (χ2v) is 8.92. The minimum Gasteiger partial charge on any atom is -1.00 e. The van der Waals surface area contributed by atoms with E-state index in [1.165, 1.54) is 5.69 Å². The van der Waals surface area contributed by atoms with Crippen LogP contribution >= 0.6 is 0 Å². The third-order valence-corrected chi connectivity index (χ3v) is 6.41. The standard InChI is InChI=1S/C30H31N6.ClH/c1-5-35(6-2)26-16-18-28-30(21-26)36(24-12-8-7-9-13-24)29-20-23(15-17-27(29)31-28)33-32-22-11-10-14-25(19-22)34(3)4;/h7-21H,5-6H2,1-4H3;1H/q+1;/p-1. The molecule has 5 rings (SSSR count). The van der Waals surface area contributed by atoms with Crippen LogP contribution in [0.15, 0.2) is 101 Å². The van der Waals surface area contributed by atoms with Crippen LogP contribution in [0.4, 0.5) is 22.7 Å². The molecule has 0 atom stereocenters. The molecule has 1 aromatic heterocycles. The molecule has 0 aliphatic carbocycles. The fourth-order valence-electron chi connectivity index (χ4n) is 4.48. The van der Waals surface area contributed by atoms with Crippen LogP contribution in [0.2, 0.25) is 0 Å². The summed E-state index contributed by atoms with van der Waals surface area (Å²) in [4.78, 5) is 9.40. The maximum Gasteiger partial charge on any atom is 0.239 e. The van der Waals surface area contributed by atoms with Gasteiger partial charge in [-0.15, -0.1) is 4.57 Å². The molecule has 0 unspecified atom stereocenters. The molecule has 188 valence electrons. The van der Waals surface area contributed by atoms with Gasteiger partial charge in [0.25, 0.3) is 0 Å². The second-order valence-electron chi connectivity index (χ2n) is 8.92. The lowest BCUT2D eigenvalue weighted by Crippen LogP contribution is -3.00. The summed E-state index contributed by atoms with van der Waals surface area (Å²) < 4.78 is 2.27. The third-order valence-electron chi connectivity index (χ3n) is 6.41. The Morgan fingerprint density at radius 3 is 2.00 bits per heavy atom. The van der Waals surface area contributed by atoms with Crippen molar-refractivity contribution in [3.05, 3.63) is 91.0 Å². The van der Waals surface area contributed by atoms with E-state index in [0.717, 1.165) is 57.9 Å². The van der Waals surface area contributed by atoms with E-state index in [1.54, 1.807) is 0 Å². The van der Waals surface area contributed by atoms with Crippen molar-refractivity contribution < 1.29 is 17.0 Å². The number of hydrogen-bond acceptors (Lipinski definition) is 5. The monoisotopic (exact) mass is 510 g/mol. The molecule has 0 N–H and O–H groups in total. The molecule has 0 aliphatic rings. The maximum atomic E-state index is 4.99. The summed E-state index contributed by atoms with van der Waals surface area (Å²) in [5.41, 5.74) is 8.88. The highest BCUT2D eigenvalue weighted by Crippen LogP contribution is 2.27. The van der Waals surface area contributed by atoms with Crippen LogP contribution in [0, 0.1) is 0 Å². The molecule has 0 spiro atoms. The van der Waals surface area contributed by atoms with Crippen LogP contribution in [0.5, 0.6) is 0 Å². The van der Waals surface area contributed by atoms with Crippen molar-refractivity contribution in [1.29, 1.82) is 0 Å². The number of halogens is 1. The molecular weight excluding hydrogens is 480 g/mol. The average Bonchev–Trinajstić information content (AvgIpc) is 2.92. The van der Waals surface area contributed by atoms with Gasteiger partial charge in [0.05, 0.1) is 11.4 Å². The number of benzene rings is 4. The van der Waals surface area contributed by atoms with Crippen LogP contribution in [0.1, 0.15) is 13.8 Å². The zero-order valence-electron chi connectivity index (χ0n) is 21.6. The van der Waals surface area contributed by atoms with E-state index in [9.17, 15) is 0 Å². The normalized spacial score (nSPS) is 11.1. The predicted octanol–water partition coefficient (Wildman–Crippen LogP) is 4.00. The minimum absolute atomic E-state index is 0. The van der Waals surface area contributed by atoms with Gasteiger partial charge in [-0.3, -0.25) is 0 Å². The van der Waals surface area contributed by atoms with Gasteiger partial charge in [0.1, 0.15) is 11.0 Å². The summed E-state index contributed by atoms with van der Waals surface area (Å²) in [6.07, 6.45) is 0. The Hall–Kier alpha value is -4.03. The van der Waals surface area contributed by atoms with E-state index >= 15 is 0 Å². The smallest absolute Gasteiger partial charge is 0.239 e. The molecule has 0 radical (unpaired) electrons. The van der Waals surface area contributed by atoms with Gasteiger partial charge in [0, 0.05) is 62.8 Å². The number of anilines is 2. The van der Waals surface area contributed by atoms with Crippen molar-refractivity contribution in [2.45, 2.75) is 13.8 Å². The Bertz CT molecular complexity index is 1540. The highest BCUT2D eigenvalue weighted by atomic mass is 35.5. The van der Waals surface area contributed by atoms with Crippen molar-refractivity contribution in [2.24, 2.45) is 10.2 Å². The second kappa shape index (κ2) is 11.4. The first kappa shape index (κ1) is 26.0. The summed E-state index contributed by atoms with van der Waals surface area (Å²) >= 11 is 0. The number of nitrogens with zero attached hydrogens (tertiary/aromatic N) is 6. The first-order valence-electron chi connectivity index (χ1n) is 12.4. The molecule has 5 aromatic rings. The Balaban J connectivity index is 0.00000320. The van der Waals surface area contributed by atoms with Gasteiger partial charge in [0.15, 0.2) is 0 Å². The Labute approximate surface area is 224 Å². The molecule has 0 fully saturated rings. The van der Waals surface area contributed by atoms with Crippen molar-refractivity contribution in [3.8, 4) is 5.69 Å². The van der Waals surface area contributed by atoms with Crippen LogP contribution < -0.4 is 26.8 Å². The van der Waals surface area contributed by atoms with Crippen molar-refractivity contribution in [1.82, 2.24) is 4.98 Å². The summed E-state index contributed by atoms with van der Waals surface area (Å²) in [5.74, 6) is 0. The number of hydrogen-bond donors (Lipinski definition) is 0. The molecule has 6 nitrogen and oxygen atoms in total. The van der Waals surface area contributed by atoms with E-state index < -0.39 is 0 Å². The molecule has 1 heterocycles. The van der Waals surface area contributed by atoms with E-state index in [2.05, 4.69) is 93.0 Å². The van der Waals surface area contributed by atoms with Gasteiger partial charge in [-0.2, -0.15) is 10.2 Å². The maximum absolute atomic E-state index is 4.99. The first-order valence-corrected chi connectivity index (χ1v) is 12.4. The number of para-hydroxylation sites is 1. The van der Waals surface area contributed by atoms with Crippen LogP contribution in [0.3, 0.4) is 0 Å². The van der Waals surface area contributed by atoms with E-state index in [4.69, 9.17) is 4.98 Å². The lowest BCUT2D eigenvalue weighted by molar-refractivity contribution is -0.538. The fourth-order valence-corrected chi connectivity index (χ4v) is 4.48. The molecule has 7 heteroatoms. The molecule has 0 saturated heterocycles. The van der Waals surface area contributed by atoms with Crippen molar-refractivity contribution >= 4 is 44.8 Å². The molecule has 4 aromatic carbocycles. The Morgan fingerprint density at radius 2 is 1.32 bits per heavy atom. The van der Waals surface area contributed by atoms with Gasteiger partial charge in [0.2, 0.25) is 16.7 Å². The third kappa shape index (κ3) is 5.39. The zero-order chi connectivity index (χ0) is 25.1. The van der Waals surface area contributed by atoms with Gasteiger partial charge >= 0.3 is 0 Å². The highest BCUT2D eigenvalue weighted by Gasteiger charge is 2.21. The first-order chi connectivity index (χ1) is 17.6. The minimum atomic E-state index is 0. The molecule has 37 heavy (non-hydrogen) atoms. The van der Waals surface area contributed by atoms with Crippen LogP contribution in [-0.2, 0) is 0 Å².